The Kier molecular flexibility index (Phi) is 7.37. The van der Waals surface area contributed by atoms with Gasteiger partial charge in [0.1, 0.15) is 0 Å². The molecule has 0 aliphatic carbocycles. The molecule has 1 amide bonds. The summed E-state index contributed by atoms with van der Waals surface area (Å²) in [5, 5.41) is 3.35. The molecular weight excluding hydrogens is 439 g/mol. The van der Waals surface area contributed by atoms with Gasteiger partial charge in [0.05, 0.1) is 28.2 Å². The number of hydrogen-bond acceptors (Lipinski definition) is 5. The second-order valence-corrected chi connectivity index (χ2v) is 9.03. The molecule has 0 atom stereocenters. The largest absolute Gasteiger partial charge is 0.481 e. The molecule has 0 saturated carbocycles. The summed E-state index contributed by atoms with van der Waals surface area (Å²) in [5.74, 6) is -0.102. The summed E-state index contributed by atoms with van der Waals surface area (Å²) >= 11 is 12.0. The number of sulfonamides is 1. The first-order valence-electron chi connectivity index (χ1n) is 8.88. The van der Waals surface area contributed by atoms with Gasteiger partial charge in [0, 0.05) is 19.6 Å². The zero-order chi connectivity index (χ0) is 20.9. The van der Waals surface area contributed by atoms with Crippen molar-refractivity contribution in [2.24, 2.45) is 0 Å². The fraction of sp³-hybridized carbons (Fsp3) is 0.316. The average molecular weight is 459 g/mol. The molecule has 0 bridgehead atoms. The number of ether oxygens (including phenoxy) is 2. The standard InChI is InChI=1S/C19H20Cl2N2O5S/c20-16-2-1-3-17(21)19(16)28-13-18(24)22-12-14-4-6-15(7-5-14)29(25,26)23-8-10-27-11-9-23/h1-7H,8-13H2,(H,22,24). The van der Waals surface area contributed by atoms with Crippen LogP contribution in [0.15, 0.2) is 47.4 Å². The maximum Gasteiger partial charge on any atom is 0.258 e. The van der Waals surface area contributed by atoms with Crippen molar-refractivity contribution in [2.45, 2.75) is 11.4 Å². The zero-order valence-corrected chi connectivity index (χ0v) is 17.8. The van der Waals surface area contributed by atoms with Crippen molar-refractivity contribution in [2.75, 3.05) is 32.9 Å². The van der Waals surface area contributed by atoms with E-state index >= 15 is 0 Å². The number of nitrogens with one attached hydrogen (secondary N) is 1. The third-order valence-corrected chi connectivity index (χ3v) is 6.80. The lowest BCUT2D eigenvalue weighted by molar-refractivity contribution is -0.123. The second kappa shape index (κ2) is 9.77. The van der Waals surface area contributed by atoms with Crippen molar-refractivity contribution in [3.63, 3.8) is 0 Å². The minimum absolute atomic E-state index is 0.214. The Labute approximate surface area is 179 Å². The predicted octanol–water partition coefficient (Wildman–Crippen LogP) is 2.71. The van der Waals surface area contributed by atoms with Crippen LogP contribution in [0.1, 0.15) is 5.56 Å². The molecular formula is C19H20Cl2N2O5S. The van der Waals surface area contributed by atoms with Gasteiger partial charge < -0.3 is 14.8 Å². The lowest BCUT2D eigenvalue weighted by Crippen LogP contribution is -2.40. The van der Waals surface area contributed by atoms with Gasteiger partial charge in [-0.3, -0.25) is 4.79 Å². The minimum Gasteiger partial charge on any atom is -0.481 e. The van der Waals surface area contributed by atoms with Gasteiger partial charge in [0.15, 0.2) is 12.4 Å². The summed E-state index contributed by atoms with van der Waals surface area (Å²) in [5.41, 5.74) is 0.759. The molecule has 10 heteroatoms. The van der Waals surface area contributed by atoms with Gasteiger partial charge in [0.2, 0.25) is 10.0 Å². The number of morpholine rings is 1. The fourth-order valence-corrected chi connectivity index (χ4v) is 4.64. The number of hydrogen-bond donors (Lipinski definition) is 1. The number of para-hydroxylation sites is 1. The first kappa shape index (κ1) is 21.9. The van der Waals surface area contributed by atoms with E-state index in [1.807, 2.05) is 0 Å². The van der Waals surface area contributed by atoms with Crippen molar-refractivity contribution in [1.29, 1.82) is 0 Å². The summed E-state index contributed by atoms with van der Waals surface area (Å²) < 4.78 is 37.2. The molecule has 0 unspecified atom stereocenters. The van der Waals surface area contributed by atoms with Crippen LogP contribution in [0.3, 0.4) is 0 Å². The number of nitrogens with zero attached hydrogens (tertiary/aromatic N) is 1. The highest BCUT2D eigenvalue weighted by molar-refractivity contribution is 7.89. The third-order valence-electron chi connectivity index (χ3n) is 4.29. The molecule has 0 radical (unpaired) electrons. The lowest BCUT2D eigenvalue weighted by Gasteiger charge is -2.26. The van der Waals surface area contributed by atoms with Gasteiger partial charge in [-0.1, -0.05) is 41.4 Å². The quantitative estimate of drug-likeness (QED) is 0.689. The van der Waals surface area contributed by atoms with Gasteiger partial charge in [0.25, 0.3) is 5.91 Å². The normalized spacial score (nSPS) is 15.1. The topological polar surface area (TPSA) is 84.9 Å². The van der Waals surface area contributed by atoms with Gasteiger partial charge in [-0.05, 0) is 29.8 Å². The van der Waals surface area contributed by atoms with Crippen LogP contribution in [-0.2, 0) is 26.1 Å². The smallest absolute Gasteiger partial charge is 0.258 e. The molecule has 1 saturated heterocycles. The van der Waals surface area contributed by atoms with Crippen molar-refractivity contribution >= 4 is 39.1 Å². The highest BCUT2D eigenvalue weighted by Crippen LogP contribution is 2.32. The maximum atomic E-state index is 12.6. The monoisotopic (exact) mass is 458 g/mol. The first-order chi connectivity index (χ1) is 13.9. The number of halogens is 2. The Morgan fingerprint density at radius 3 is 2.31 bits per heavy atom. The summed E-state index contributed by atoms with van der Waals surface area (Å²) in [6.07, 6.45) is 0. The highest BCUT2D eigenvalue weighted by Gasteiger charge is 2.26. The van der Waals surface area contributed by atoms with E-state index in [-0.39, 0.29) is 29.7 Å². The molecule has 0 spiro atoms. The summed E-state index contributed by atoms with van der Waals surface area (Å²) in [4.78, 5) is 12.2. The van der Waals surface area contributed by atoms with Crippen LogP contribution in [-0.4, -0.2) is 51.5 Å². The number of carbonyl (C=O) groups is 1. The molecule has 1 aliphatic rings. The first-order valence-corrected chi connectivity index (χ1v) is 11.1. The van der Waals surface area contributed by atoms with E-state index in [1.165, 1.54) is 16.4 Å². The van der Waals surface area contributed by atoms with E-state index in [9.17, 15) is 13.2 Å². The molecule has 1 fully saturated rings. The number of amides is 1. The van der Waals surface area contributed by atoms with E-state index in [2.05, 4.69) is 5.32 Å². The molecule has 29 heavy (non-hydrogen) atoms. The number of benzene rings is 2. The van der Waals surface area contributed by atoms with Gasteiger partial charge in [-0.2, -0.15) is 4.31 Å². The maximum absolute atomic E-state index is 12.6. The Morgan fingerprint density at radius 2 is 1.69 bits per heavy atom. The van der Waals surface area contributed by atoms with Crippen LogP contribution in [0, 0.1) is 0 Å². The summed E-state index contributed by atoms with van der Waals surface area (Å²) in [7, 11) is -3.54. The Balaban J connectivity index is 1.53. The van der Waals surface area contributed by atoms with Crippen LogP contribution >= 0.6 is 23.2 Å². The summed E-state index contributed by atoms with van der Waals surface area (Å²) in [6, 6.07) is 11.3. The SMILES string of the molecule is O=C(COc1c(Cl)cccc1Cl)NCc1ccc(S(=O)(=O)N2CCOCC2)cc1. The number of carbonyl (C=O) groups excluding carboxylic acids is 1. The Hall–Kier alpha value is -1.84. The van der Waals surface area contributed by atoms with Gasteiger partial charge in [-0.25, -0.2) is 8.42 Å². The van der Waals surface area contributed by atoms with E-state index in [0.717, 1.165) is 5.56 Å². The Bertz CT molecular complexity index is 941. The van der Waals surface area contributed by atoms with Crippen LogP contribution in [0.25, 0.3) is 0 Å². The summed E-state index contributed by atoms with van der Waals surface area (Å²) in [6.45, 7) is 1.46. The van der Waals surface area contributed by atoms with E-state index in [0.29, 0.717) is 36.3 Å². The predicted molar refractivity (Wildman–Crippen MR) is 110 cm³/mol. The highest BCUT2D eigenvalue weighted by atomic mass is 35.5. The molecule has 1 N–H and O–H groups in total. The van der Waals surface area contributed by atoms with Crippen LogP contribution in [0.2, 0.25) is 10.0 Å². The second-order valence-electron chi connectivity index (χ2n) is 6.28. The fourth-order valence-electron chi connectivity index (χ4n) is 2.73. The lowest BCUT2D eigenvalue weighted by atomic mass is 10.2. The van der Waals surface area contributed by atoms with Crippen molar-refractivity contribution in [3.8, 4) is 5.75 Å². The molecule has 2 aromatic carbocycles. The minimum atomic E-state index is -3.54. The van der Waals surface area contributed by atoms with Crippen molar-refractivity contribution < 1.29 is 22.7 Å². The van der Waals surface area contributed by atoms with E-state index in [4.69, 9.17) is 32.7 Å². The number of rotatable bonds is 7. The molecule has 3 rings (SSSR count). The van der Waals surface area contributed by atoms with Gasteiger partial charge >= 0.3 is 0 Å². The van der Waals surface area contributed by atoms with Gasteiger partial charge in [-0.15, -0.1) is 0 Å². The third kappa shape index (κ3) is 5.61. The molecule has 1 aliphatic heterocycles. The molecule has 156 valence electrons. The Morgan fingerprint density at radius 1 is 1.07 bits per heavy atom. The molecule has 0 aromatic heterocycles. The van der Waals surface area contributed by atoms with E-state index in [1.54, 1.807) is 30.3 Å². The molecule has 2 aromatic rings. The van der Waals surface area contributed by atoms with Crippen LogP contribution < -0.4 is 10.1 Å². The van der Waals surface area contributed by atoms with Crippen LogP contribution in [0.5, 0.6) is 5.75 Å². The van der Waals surface area contributed by atoms with E-state index < -0.39 is 10.0 Å². The van der Waals surface area contributed by atoms with Crippen molar-refractivity contribution in [1.82, 2.24) is 9.62 Å². The van der Waals surface area contributed by atoms with Crippen molar-refractivity contribution in [3.05, 3.63) is 58.1 Å². The van der Waals surface area contributed by atoms with Crippen LogP contribution in [0.4, 0.5) is 0 Å². The zero-order valence-electron chi connectivity index (χ0n) is 15.4. The molecule has 7 nitrogen and oxygen atoms in total. The average Bonchev–Trinajstić information content (AvgIpc) is 2.73. The molecule has 1 heterocycles.